The molecule has 1 aliphatic rings. The van der Waals surface area contributed by atoms with Gasteiger partial charge >= 0.3 is 0 Å². The third-order valence-corrected chi connectivity index (χ3v) is 4.38. The minimum Gasteiger partial charge on any atom is -0.404 e. The smallest absolute Gasteiger partial charge is 0.155 e. The molecule has 2 N–H and O–H groups in total. The first-order chi connectivity index (χ1) is 12.7. The van der Waals surface area contributed by atoms with Gasteiger partial charge in [0, 0.05) is 63.9 Å². The number of aromatic nitrogens is 2. The van der Waals surface area contributed by atoms with Crippen LogP contribution in [0.5, 0.6) is 0 Å². The van der Waals surface area contributed by atoms with E-state index in [2.05, 4.69) is 24.8 Å². The van der Waals surface area contributed by atoms with E-state index in [9.17, 15) is 4.39 Å². The van der Waals surface area contributed by atoms with Gasteiger partial charge in [0.25, 0.3) is 0 Å². The number of rotatable bonds is 5. The van der Waals surface area contributed by atoms with E-state index in [1.54, 1.807) is 44.0 Å². The van der Waals surface area contributed by atoms with E-state index in [1.807, 2.05) is 0 Å². The van der Waals surface area contributed by atoms with Crippen LogP contribution in [0.2, 0.25) is 0 Å². The first-order valence-corrected chi connectivity index (χ1v) is 8.58. The lowest BCUT2D eigenvalue weighted by Gasteiger charge is -2.36. The van der Waals surface area contributed by atoms with Crippen LogP contribution in [0, 0.1) is 5.82 Å². The van der Waals surface area contributed by atoms with Crippen LogP contribution in [0.15, 0.2) is 53.4 Å². The molecule has 1 saturated heterocycles. The fraction of sp³-hybridized carbons (Fsp3) is 0.316. The van der Waals surface area contributed by atoms with E-state index in [0.717, 1.165) is 55.4 Å². The van der Waals surface area contributed by atoms with Crippen molar-refractivity contribution in [1.82, 2.24) is 14.9 Å². The Bertz CT molecular complexity index is 779. The molecular formula is C19H23FN6. The third kappa shape index (κ3) is 4.23. The molecule has 7 heteroatoms. The van der Waals surface area contributed by atoms with Gasteiger partial charge in [0.2, 0.25) is 0 Å². The maximum atomic E-state index is 13.2. The minimum atomic E-state index is -0.257. The number of benzene rings is 1. The molecule has 2 aromatic rings. The van der Waals surface area contributed by atoms with Gasteiger partial charge in [0.1, 0.15) is 11.5 Å². The van der Waals surface area contributed by atoms with Crippen LogP contribution >= 0.6 is 0 Å². The van der Waals surface area contributed by atoms with Crippen LogP contribution in [0.1, 0.15) is 0 Å². The number of hydrogen-bond acceptors (Lipinski definition) is 6. The van der Waals surface area contributed by atoms with Crippen molar-refractivity contribution in [2.24, 2.45) is 10.7 Å². The molecule has 136 valence electrons. The zero-order valence-corrected chi connectivity index (χ0v) is 14.8. The number of halogens is 1. The van der Waals surface area contributed by atoms with Gasteiger partial charge in [-0.05, 0) is 36.0 Å². The quantitative estimate of drug-likeness (QED) is 0.831. The number of piperazine rings is 1. The molecule has 1 aliphatic heterocycles. The van der Waals surface area contributed by atoms with Crippen LogP contribution in [-0.4, -0.2) is 60.9 Å². The van der Waals surface area contributed by atoms with E-state index in [1.165, 1.54) is 12.1 Å². The predicted molar refractivity (Wildman–Crippen MR) is 103 cm³/mol. The Morgan fingerprint density at radius 2 is 1.85 bits per heavy atom. The Hall–Kier alpha value is -2.80. The average molecular weight is 354 g/mol. The molecule has 1 aromatic heterocycles. The molecule has 26 heavy (non-hydrogen) atoms. The van der Waals surface area contributed by atoms with Gasteiger partial charge in [-0.2, -0.15) is 0 Å². The molecule has 0 spiro atoms. The van der Waals surface area contributed by atoms with Gasteiger partial charge in [0.05, 0.1) is 0 Å². The van der Waals surface area contributed by atoms with Crippen LogP contribution in [0.3, 0.4) is 0 Å². The summed E-state index contributed by atoms with van der Waals surface area (Å²) >= 11 is 0. The molecule has 1 aromatic carbocycles. The minimum absolute atomic E-state index is 0.257. The highest BCUT2D eigenvalue weighted by atomic mass is 19.1. The molecule has 0 bridgehead atoms. The summed E-state index contributed by atoms with van der Waals surface area (Å²) in [5.74, 6) is 0.579. The summed E-state index contributed by atoms with van der Waals surface area (Å²) in [5, 5.41) is 0. The fourth-order valence-electron chi connectivity index (χ4n) is 3.05. The zero-order valence-electron chi connectivity index (χ0n) is 14.8. The van der Waals surface area contributed by atoms with Crippen LogP contribution < -0.4 is 10.6 Å². The molecule has 6 nitrogen and oxygen atoms in total. The Labute approximate surface area is 152 Å². The third-order valence-electron chi connectivity index (χ3n) is 4.38. The molecule has 0 atom stereocenters. The van der Waals surface area contributed by atoms with Crippen molar-refractivity contribution >= 4 is 12.0 Å². The van der Waals surface area contributed by atoms with Crippen LogP contribution in [0.25, 0.3) is 11.3 Å². The SMILES string of the molecule is CN=C/C(=C\N)CN1CCN(c2nccnc2-c2ccc(F)cc2)CC1. The monoisotopic (exact) mass is 354 g/mol. The lowest BCUT2D eigenvalue weighted by Crippen LogP contribution is -2.47. The van der Waals surface area contributed by atoms with Crippen molar-refractivity contribution in [2.45, 2.75) is 0 Å². The van der Waals surface area contributed by atoms with Crippen molar-refractivity contribution in [3.63, 3.8) is 0 Å². The van der Waals surface area contributed by atoms with Gasteiger partial charge < -0.3 is 10.6 Å². The standard InChI is InChI=1S/C19H23FN6/c1-22-13-15(12-21)14-25-8-10-26(11-9-25)19-18(23-6-7-24-19)16-2-4-17(20)5-3-16/h2-7,12-13H,8-11,14,21H2,1H3/b15-12+,22-13?. The van der Waals surface area contributed by atoms with E-state index < -0.39 is 0 Å². The molecule has 0 aliphatic carbocycles. The normalized spacial score (nSPS) is 16.4. The Morgan fingerprint density at radius 3 is 2.50 bits per heavy atom. The Balaban J connectivity index is 1.71. The topological polar surface area (TPSA) is 70.6 Å². The largest absolute Gasteiger partial charge is 0.404 e. The lowest BCUT2D eigenvalue weighted by molar-refractivity contribution is 0.280. The Morgan fingerprint density at radius 1 is 1.15 bits per heavy atom. The highest BCUT2D eigenvalue weighted by Crippen LogP contribution is 2.27. The van der Waals surface area contributed by atoms with Gasteiger partial charge in [-0.15, -0.1) is 0 Å². The van der Waals surface area contributed by atoms with E-state index in [-0.39, 0.29) is 5.82 Å². The molecule has 3 rings (SSSR count). The second-order valence-electron chi connectivity index (χ2n) is 6.13. The van der Waals surface area contributed by atoms with E-state index in [0.29, 0.717) is 0 Å². The number of aliphatic imine (C=N–C) groups is 1. The summed E-state index contributed by atoms with van der Waals surface area (Å²) in [6.45, 7) is 4.26. The van der Waals surface area contributed by atoms with E-state index in [4.69, 9.17) is 5.73 Å². The first-order valence-electron chi connectivity index (χ1n) is 8.58. The molecular weight excluding hydrogens is 331 g/mol. The van der Waals surface area contributed by atoms with Crippen molar-refractivity contribution in [2.75, 3.05) is 44.7 Å². The van der Waals surface area contributed by atoms with Crippen molar-refractivity contribution in [3.05, 3.63) is 54.2 Å². The molecule has 2 heterocycles. The Kier molecular flexibility index (Phi) is 5.91. The summed E-state index contributed by atoms with van der Waals surface area (Å²) in [6, 6.07) is 6.37. The summed E-state index contributed by atoms with van der Waals surface area (Å²) in [7, 11) is 1.74. The molecule has 0 saturated carbocycles. The van der Waals surface area contributed by atoms with Crippen molar-refractivity contribution < 1.29 is 4.39 Å². The first kappa shape index (κ1) is 18.0. The summed E-state index contributed by atoms with van der Waals surface area (Å²) in [4.78, 5) is 17.6. The fourth-order valence-corrected chi connectivity index (χ4v) is 3.05. The molecule has 0 amide bonds. The van der Waals surface area contributed by atoms with Crippen LogP contribution in [-0.2, 0) is 0 Å². The van der Waals surface area contributed by atoms with Crippen molar-refractivity contribution in [3.8, 4) is 11.3 Å². The predicted octanol–water partition coefficient (Wildman–Crippen LogP) is 1.95. The molecule has 0 radical (unpaired) electrons. The van der Waals surface area contributed by atoms with Gasteiger partial charge in [0.15, 0.2) is 5.82 Å². The number of nitrogens with zero attached hydrogens (tertiary/aromatic N) is 5. The maximum absolute atomic E-state index is 13.2. The number of nitrogens with two attached hydrogens (primary N) is 1. The zero-order chi connectivity index (χ0) is 18.4. The van der Waals surface area contributed by atoms with E-state index >= 15 is 0 Å². The second-order valence-corrected chi connectivity index (χ2v) is 6.13. The van der Waals surface area contributed by atoms with Crippen molar-refractivity contribution in [1.29, 1.82) is 0 Å². The maximum Gasteiger partial charge on any atom is 0.155 e. The summed E-state index contributed by atoms with van der Waals surface area (Å²) in [6.07, 6.45) is 6.76. The number of hydrogen-bond donors (Lipinski definition) is 1. The molecule has 1 fully saturated rings. The lowest BCUT2D eigenvalue weighted by atomic mass is 10.1. The van der Waals surface area contributed by atoms with Gasteiger partial charge in [-0.1, -0.05) is 0 Å². The van der Waals surface area contributed by atoms with Gasteiger partial charge in [-0.3, -0.25) is 14.9 Å². The molecule has 0 unspecified atom stereocenters. The van der Waals surface area contributed by atoms with Crippen LogP contribution in [0.4, 0.5) is 10.2 Å². The highest BCUT2D eigenvalue weighted by molar-refractivity contribution is 5.78. The summed E-state index contributed by atoms with van der Waals surface area (Å²) in [5.41, 5.74) is 8.31. The second kappa shape index (κ2) is 8.53. The van der Waals surface area contributed by atoms with Gasteiger partial charge in [-0.25, -0.2) is 9.37 Å². The highest BCUT2D eigenvalue weighted by Gasteiger charge is 2.21. The average Bonchev–Trinajstić information content (AvgIpc) is 2.69. The summed E-state index contributed by atoms with van der Waals surface area (Å²) < 4.78 is 13.2. The number of anilines is 1.